The van der Waals surface area contributed by atoms with E-state index in [1.54, 1.807) is 17.1 Å². The molecule has 0 spiro atoms. The third-order valence-electron chi connectivity index (χ3n) is 5.82. The van der Waals surface area contributed by atoms with Gasteiger partial charge in [-0.3, -0.25) is 19.4 Å². The highest BCUT2D eigenvalue weighted by Gasteiger charge is 2.21. The number of anilines is 1. The molecule has 1 aromatic carbocycles. The molecular formula is C25H25N5O3. The van der Waals surface area contributed by atoms with E-state index in [9.17, 15) is 9.90 Å². The second-order valence-corrected chi connectivity index (χ2v) is 8.10. The number of carboxylic acid groups (broad SMARTS) is 1. The van der Waals surface area contributed by atoms with Gasteiger partial charge >= 0.3 is 5.97 Å². The third kappa shape index (κ3) is 4.64. The van der Waals surface area contributed by atoms with Crippen molar-refractivity contribution in [3.8, 4) is 5.75 Å². The van der Waals surface area contributed by atoms with Crippen LogP contribution in [0.4, 0.5) is 5.69 Å². The van der Waals surface area contributed by atoms with Gasteiger partial charge in [0.25, 0.3) is 0 Å². The predicted octanol–water partition coefficient (Wildman–Crippen LogP) is 3.87. The highest BCUT2D eigenvalue weighted by Crippen LogP contribution is 2.27. The minimum atomic E-state index is -0.902. The van der Waals surface area contributed by atoms with Crippen LogP contribution in [0, 0.1) is 0 Å². The number of aromatic nitrogens is 4. The Kier molecular flexibility index (Phi) is 5.89. The van der Waals surface area contributed by atoms with E-state index in [0.717, 1.165) is 59.5 Å². The van der Waals surface area contributed by atoms with Gasteiger partial charge in [-0.15, -0.1) is 0 Å². The molecule has 0 saturated carbocycles. The Balaban J connectivity index is 1.30. The summed E-state index contributed by atoms with van der Waals surface area (Å²) >= 11 is 0. The van der Waals surface area contributed by atoms with E-state index in [4.69, 9.17) is 9.72 Å². The number of carboxylic acids is 1. The van der Waals surface area contributed by atoms with Gasteiger partial charge in [0, 0.05) is 30.2 Å². The van der Waals surface area contributed by atoms with Gasteiger partial charge in [-0.05, 0) is 55.3 Å². The lowest BCUT2D eigenvalue weighted by Crippen LogP contribution is -2.17. The first-order valence-electron chi connectivity index (χ1n) is 11.1. The summed E-state index contributed by atoms with van der Waals surface area (Å²) in [5.41, 5.74) is 4.80. The highest BCUT2D eigenvalue weighted by molar-refractivity contribution is 5.80. The van der Waals surface area contributed by atoms with Crippen LogP contribution in [0.3, 0.4) is 0 Å². The Morgan fingerprint density at radius 3 is 3.00 bits per heavy atom. The van der Waals surface area contributed by atoms with E-state index in [0.29, 0.717) is 12.3 Å². The van der Waals surface area contributed by atoms with E-state index >= 15 is 0 Å². The van der Waals surface area contributed by atoms with Crippen LogP contribution in [0.1, 0.15) is 36.0 Å². The summed E-state index contributed by atoms with van der Waals surface area (Å²) < 4.78 is 7.70. The summed E-state index contributed by atoms with van der Waals surface area (Å²) in [5.74, 6) is -0.157. The fraction of sp³-hybridized carbons (Fsp3) is 0.280. The van der Waals surface area contributed by atoms with Crippen LogP contribution in [0.15, 0.2) is 60.9 Å². The van der Waals surface area contributed by atoms with Crippen molar-refractivity contribution in [1.29, 1.82) is 0 Å². The zero-order chi connectivity index (χ0) is 22.6. The zero-order valence-electron chi connectivity index (χ0n) is 18.1. The Labute approximate surface area is 191 Å². The first kappa shape index (κ1) is 20.9. The van der Waals surface area contributed by atoms with Crippen molar-refractivity contribution in [2.45, 2.75) is 31.7 Å². The van der Waals surface area contributed by atoms with Crippen LogP contribution in [0.2, 0.25) is 0 Å². The maximum absolute atomic E-state index is 11.5. The average Bonchev–Trinajstić information content (AvgIpc) is 3.26. The van der Waals surface area contributed by atoms with Gasteiger partial charge in [0.1, 0.15) is 11.8 Å². The second kappa shape index (κ2) is 9.28. The molecule has 2 N–H and O–H groups in total. The molecule has 0 aliphatic carbocycles. The van der Waals surface area contributed by atoms with Crippen molar-refractivity contribution in [2.75, 3.05) is 18.5 Å². The molecule has 0 fully saturated rings. The zero-order valence-corrected chi connectivity index (χ0v) is 18.1. The summed E-state index contributed by atoms with van der Waals surface area (Å²) in [5, 5.41) is 18.2. The molecule has 33 heavy (non-hydrogen) atoms. The number of hydrogen-bond acceptors (Lipinski definition) is 6. The molecule has 3 aromatic heterocycles. The number of carbonyl (C=O) groups is 1. The molecule has 8 heteroatoms. The van der Waals surface area contributed by atoms with E-state index in [1.807, 2.05) is 42.5 Å². The molecule has 8 nitrogen and oxygen atoms in total. The first-order valence-corrected chi connectivity index (χ1v) is 11.1. The summed E-state index contributed by atoms with van der Waals surface area (Å²) in [6.07, 6.45) is 6.15. The topological polar surface area (TPSA) is 102 Å². The molecule has 0 saturated heterocycles. The van der Waals surface area contributed by atoms with Crippen molar-refractivity contribution >= 4 is 22.6 Å². The lowest BCUT2D eigenvalue weighted by atomic mass is 10.1. The maximum atomic E-state index is 11.5. The molecule has 1 aliphatic heterocycles. The SMILES string of the molecule is O=C(O)CC(c1ccccn1)n1ncc2cc(OCCc3ccc4c(n3)CCCN4)ccc21. The first-order chi connectivity index (χ1) is 16.2. The number of aliphatic carboxylic acids is 1. The van der Waals surface area contributed by atoms with Crippen LogP contribution < -0.4 is 10.1 Å². The van der Waals surface area contributed by atoms with Crippen molar-refractivity contribution in [3.05, 3.63) is 78.0 Å². The lowest BCUT2D eigenvalue weighted by Gasteiger charge is -2.17. The van der Waals surface area contributed by atoms with Crippen LogP contribution in [-0.4, -0.2) is 44.0 Å². The summed E-state index contributed by atoms with van der Waals surface area (Å²) in [6.45, 7) is 1.53. The summed E-state index contributed by atoms with van der Waals surface area (Å²) in [4.78, 5) is 20.6. The van der Waals surface area contributed by atoms with E-state index in [1.165, 1.54) is 0 Å². The molecule has 0 bridgehead atoms. The van der Waals surface area contributed by atoms with Crippen molar-refractivity contribution in [3.63, 3.8) is 0 Å². The second-order valence-electron chi connectivity index (χ2n) is 8.10. The van der Waals surface area contributed by atoms with Crippen LogP contribution in [-0.2, 0) is 17.6 Å². The fourth-order valence-electron chi connectivity index (χ4n) is 4.21. The van der Waals surface area contributed by atoms with Gasteiger partial charge in [0.05, 0.1) is 41.8 Å². The van der Waals surface area contributed by atoms with Crippen LogP contribution in [0.25, 0.3) is 10.9 Å². The molecule has 4 aromatic rings. The predicted molar refractivity (Wildman–Crippen MR) is 125 cm³/mol. The molecule has 168 valence electrons. The molecule has 0 radical (unpaired) electrons. The number of aryl methyl sites for hydroxylation is 1. The van der Waals surface area contributed by atoms with Gasteiger partial charge in [0.2, 0.25) is 0 Å². The Morgan fingerprint density at radius 2 is 2.15 bits per heavy atom. The number of nitrogens with one attached hydrogen (secondary N) is 1. The Morgan fingerprint density at radius 1 is 1.21 bits per heavy atom. The number of rotatable bonds is 8. The van der Waals surface area contributed by atoms with E-state index < -0.39 is 12.0 Å². The monoisotopic (exact) mass is 443 g/mol. The molecular weight excluding hydrogens is 418 g/mol. The number of pyridine rings is 2. The molecule has 1 aliphatic rings. The molecule has 5 rings (SSSR count). The number of ether oxygens (including phenoxy) is 1. The minimum absolute atomic E-state index is 0.102. The smallest absolute Gasteiger partial charge is 0.305 e. The molecule has 1 unspecified atom stereocenters. The van der Waals surface area contributed by atoms with Gasteiger partial charge in [0.15, 0.2) is 0 Å². The number of benzene rings is 1. The Bertz CT molecular complexity index is 1270. The minimum Gasteiger partial charge on any atom is -0.493 e. The Hall–Kier alpha value is -3.94. The third-order valence-corrected chi connectivity index (χ3v) is 5.82. The van der Waals surface area contributed by atoms with Crippen LogP contribution >= 0.6 is 0 Å². The van der Waals surface area contributed by atoms with E-state index in [2.05, 4.69) is 21.5 Å². The maximum Gasteiger partial charge on any atom is 0.305 e. The number of hydrogen-bond donors (Lipinski definition) is 2. The van der Waals surface area contributed by atoms with Gasteiger partial charge in [-0.2, -0.15) is 5.10 Å². The highest BCUT2D eigenvalue weighted by atomic mass is 16.5. The van der Waals surface area contributed by atoms with E-state index in [-0.39, 0.29) is 6.42 Å². The largest absolute Gasteiger partial charge is 0.493 e. The van der Waals surface area contributed by atoms with Gasteiger partial charge in [-0.1, -0.05) is 6.07 Å². The summed E-state index contributed by atoms with van der Waals surface area (Å²) in [6, 6.07) is 14.9. The van der Waals surface area contributed by atoms with Crippen molar-refractivity contribution < 1.29 is 14.6 Å². The molecule has 1 atom stereocenters. The van der Waals surface area contributed by atoms with Gasteiger partial charge in [-0.25, -0.2) is 0 Å². The summed E-state index contributed by atoms with van der Waals surface area (Å²) in [7, 11) is 0. The fourth-order valence-corrected chi connectivity index (χ4v) is 4.21. The number of fused-ring (bicyclic) bond motifs is 2. The van der Waals surface area contributed by atoms with Crippen LogP contribution in [0.5, 0.6) is 5.75 Å². The van der Waals surface area contributed by atoms with Crippen molar-refractivity contribution in [1.82, 2.24) is 19.7 Å². The van der Waals surface area contributed by atoms with Crippen molar-refractivity contribution in [2.24, 2.45) is 0 Å². The van der Waals surface area contributed by atoms with Gasteiger partial charge < -0.3 is 15.2 Å². The lowest BCUT2D eigenvalue weighted by molar-refractivity contribution is -0.137. The average molecular weight is 444 g/mol. The quantitative estimate of drug-likeness (QED) is 0.426. The molecule has 0 amide bonds. The molecule has 4 heterocycles. The standard InChI is InChI=1S/C25H25N5O3/c31-25(32)15-24(22-4-1-2-11-27-22)30-23-9-7-19(14-17(23)16-28-30)33-13-10-18-6-8-20-21(29-18)5-3-12-26-20/h1-2,4,6-9,11,14,16,24,26H,3,5,10,12-13,15H2,(H,31,32). The normalized spacial score (nSPS) is 13.8. The number of nitrogens with zero attached hydrogens (tertiary/aromatic N) is 4.